The minimum Gasteiger partial charge on any atom is -0.384 e. The molecule has 1 nitrogen and oxygen atoms in total. The van der Waals surface area contributed by atoms with Crippen LogP contribution in [0.2, 0.25) is 0 Å². The van der Waals surface area contributed by atoms with Crippen LogP contribution in [0, 0.1) is 22.7 Å². The summed E-state index contributed by atoms with van der Waals surface area (Å²) in [4.78, 5) is 0. The maximum absolute atomic E-state index is 11.4. The summed E-state index contributed by atoms with van der Waals surface area (Å²) in [5.41, 5.74) is 1.30. The van der Waals surface area contributed by atoms with Gasteiger partial charge >= 0.3 is 0 Å². The quantitative estimate of drug-likeness (QED) is 0.638. The average Bonchev–Trinajstić information content (AvgIpc) is 2.74. The number of hydrogen-bond acceptors (Lipinski definition) is 1. The molecule has 5 atom stereocenters. The van der Waals surface area contributed by atoms with Gasteiger partial charge in [-0.05, 0) is 61.3 Å². The highest BCUT2D eigenvalue weighted by Crippen LogP contribution is 2.64. The van der Waals surface area contributed by atoms with E-state index in [2.05, 4.69) is 32.1 Å². The summed E-state index contributed by atoms with van der Waals surface area (Å²) in [6.45, 7) is 4.80. The van der Waals surface area contributed by atoms with E-state index in [0.717, 1.165) is 18.8 Å². The molecule has 0 radical (unpaired) electrons. The topological polar surface area (TPSA) is 20.2 Å². The Morgan fingerprint density at radius 1 is 1.15 bits per heavy atom. The summed E-state index contributed by atoms with van der Waals surface area (Å²) >= 11 is 0. The first-order valence-corrected chi connectivity index (χ1v) is 8.60. The minimum absolute atomic E-state index is 0.00675. The van der Waals surface area contributed by atoms with E-state index in [1.807, 2.05) is 0 Å². The van der Waals surface area contributed by atoms with Gasteiger partial charge in [0.25, 0.3) is 0 Å². The van der Waals surface area contributed by atoms with E-state index < -0.39 is 5.60 Å². The summed E-state index contributed by atoms with van der Waals surface area (Å²) in [7, 11) is 0. The van der Waals surface area contributed by atoms with Crippen LogP contribution in [-0.4, -0.2) is 10.7 Å². The van der Waals surface area contributed by atoms with E-state index in [1.165, 1.54) is 44.1 Å². The van der Waals surface area contributed by atoms with E-state index in [1.54, 1.807) is 0 Å². The number of aliphatic hydroxyl groups is 1. The molecule has 1 unspecified atom stereocenters. The van der Waals surface area contributed by atoms with Gasteiger partial charge in [0.2, 0.25) is 0 Å². The lowest BCUT2D eigenvalue weighted by atomic mass is 9.47. The van der Waals surface area contributed by atoms with Gasteiger partial charge in [-0.15, -0.1) is 0 Å². The molecule has 1 N–H and O–H groups in total. The maximum atomic E-state index is 11.4. The lowest BCUT2D eigenvalue weighted by molar-refractivity contribution is -0.0756. The molecule has 0 spiro atoms. The second-order valence-corrected chi connectivity index (χ2v) is 8.32. The van der Waals surface area contributed by atoms with Gasteiger partial charge in [-0.3, -0.25) is 0 Å². The predicted molar refractivity (Wildman–Crippen MR) is 82.3 cm³/mol. The van der Waals surface area contributed by atoms with Crippen LogP contribution >= 0.6 is 0 Å². The molecule has 4 rings (SSSR count). The molecular weight excluding hydrogens is 244 g/mol. The Morgan fingerprint density at radius 3 is 2.85 bits per heavy atom. The van der Waals surface area contributed by atoms with Gasteiger partial charge in [0.05, 0.1) is 5.60 Å². The zero-order valence-corrected chi connectivity index (χ0v) is 13.0. The van der Waals surface area contributed by atoms with Crippen LogP contribution in [0.15, 0.2) is 23.8 Å². The minimum atomic E-state index is -0.568. The molecule has 0 amide bonds. The molecule has 110 valence electrons. The van der Waals surface area contributed by atoms with E-state index in [9.17, 15) is 5.11 Å². The Balaban J connectivity index is 1.78. The second-order valence-electron chi connectivity index (χ2n) is 8.32. The van der Waals surface area contributed by atoms with Crippen LogP contribution in [0.3, 0.4) is 0 Å². The lowest BCUT2D eigenvalue weighted by Crippen LogP contribution is -2.55. The monoisotopic (exact) mass is 272 g/mol. The first-order chi connectivity index (χ1) is 9.50. The molecule has 2 saturated carbocycles. The van der Waals surface area contributed by atoms with Gasteiger partial charge in [0.1, 0.15) is 0 Å². The summed E-state index contributed by atoms with van der Waals surface area (Å²) in [6, 6.07) is 0. The molecule has 4 aliphatic carbocycles. The van der Waals surface area contributed by atoms with Crippen molar-refractivity contribution in [3.05, 3.63) is 23.8 Å². The fraction of sp³-hybridized carbons (Fsp3) is 0.789. The lowest BCUT2D eigenvalue weighted by Gasteiger charge is -2.58. The molecule has 20 heavy (non-hydrogen) atoms. The third kappa shape index (κ3) is 1.43. The number of fused-ring (bicyclic) bond motifs is 5. The Bertz CT molecular complexity index is 490. The van der Waals surface area contributed by atoms with Gasteiger partial charge in [-0.2, -0.15) is 0 Å². The van der Waals surface area contributed by atoms with Crippen molar-refractivity contribution in [2.45, 2.75) is 70.8 Å². The van der Waals surface area contributed by atoms with Crippen molar-refractivity contribution < 1.29 is 5.11 Å². The van der Waals surface area contributed by atoms with Gasteiger partial charge < -0.3 is 5.11 Å². The van der Waals surface area contributed by atoms with E-state index in [0.29, 0.717) is 11.3 Å². The fourth-order valence-corrected chi connectivity index (χ4v) is 6.03. The molecule has 1 heteroatoms. The van der Waals surface area contributed by atoms with E-state index in [4.69, 9.17) is 0 Å². The average molecular weight is 272 g/mol. The van der Waals surface area contributed by atoms with Crippen LogP contribution in [0.4, 0.5) is 0 Å². The van der Waals surface area contributed by atoms with Gasteiger partial charge in [-0.1, -0.05) is 44.9 Å². The van der Waals surface area contributed by atoms with Crippen LogP contribution in [0.5, 0.6) is 0 Å². The summed E-state index contributed by atoms with van der Waals surface area (Å²) in [6.07, 6.45) is 17.0. The maximum Gasteiger partial charge on any atom is 0.0981 e. The Morgan fingerprint density at radius 2 is 2.00 bits per heavy atom. The van der Waals surface area contributed by atoms with Crippen molar-refractivity contribution >= 4 is 0 Å². The third-order valence-corrected chi connectivity index (χ3v) is 7.52. The van der Waals surface area contributed by atoms with Crippen molar-refractivity contribution in [1.29, 1.82) is 0 Å². The standard InChI is InChI=1S/C19H28O/c1-17-10-5-12-19(17,20)16-8-7-14-6-3-4-11-18(14,2)15(16)9-13-17/h5,8,10,14-15,20H,3-4,6-7,9,11-13H2,1-2H3/t14?,15-,17-,18-,19-/m0/s1. The Hall–Kier alpha value is -0.560. The van der Waals surface area contributed by atoms with Gasteiger partial charge in [-0.25, -0.2) is 0 Å². The number of rotatable bonds is 0. The van der Waals surface area contributed by atoms with Gasteiger partial charge in [0.15, 0.2) is 0 Å². The van der Waals surface area contributed by atoms with Crippen molar-refractivity contribution in [2.24, 2.45) is 22.7 Å². The molecule has 0 heterocycles. The summed E-state index contributed by atoms with van der Waals surface area (Å²) in [5.74, 6) is 1.51. The second kappa shape index (κ2) is 4.00. The normalized spacial score (nSPS) is 53.9. The smallest absolute Gasteiger partial charge is 0.0981 e. The molecule has 0 aromatic carbocycles. The van der Waals surface area contributed by atoms with Crippen LogP contribution in [0.1, 0.15) is 65.2 Å². The molecule has 0 bridgehead atoms. The molecule has 0 aromatic rings. The third-order valence-electron chi connectivity index (χ3n) is 7.52. The molecule has 0 aromatic heterocycles. The highest BCUT2D eigenvalue weighted by atomic mass is 16.3. The van der Waals surface area contributed by atoms with Crippen molar-refractivity contribution in [1.82, 2.24) is 0 Å². The van der Waals surface area contributed by atoms with Crippen molar-refractivity contribution in [3.63, 3.8) is 0 Å². The van der Waals surface area contributed by atoms with Crippen molar-refractivity contribution in [3.8, 4) is 0 Å². The van der Waals surface area contributed by atoms with Crippen LogP contribution in [-0.2, 0) is 0 Å². The fourth-order valence-electron chi connectivity index (χ4n) is 6.03. The van der Waals surface area contributed by atoms with E-state index in [-0.39, 0.29) is 5.41 Å². The molecule has 0 aliphatic heterocycles. The van der Waals surface area contributed by atoms with Crippen molar-refractivity contribution in [2.75, 3.05) is 0 Å². The SMILES string of the molecule is C[C@]12CCCCC1CC=C1[C@@H]2CC[C@]2(C)C=CC[C@]12O. The van der Waals surface area contributed by atoms with E-state index >= 15 is 0 Å². The zero-order chi connectivity index (χ0) is 14.0. The number of allylic oxidation sites excluding steroid dienone is 1. The van der Waals surface area contributed by atoms with Gasteiger partial charge in [0, 0.05) is 5.41 Å². The molecular formula is C19H28O. The first-order valence-electron chi connectivity index (χ1n) is 8.60. The number of hydrogen-bond donors (Lipinski definition) is 1. The Labute approximate surface area is 123 Å². The molecule has 2 fully saturated rings. The highest BCUT2D eigenvalue weighted by molar-refractivity contribution is 5.38. The summed E-state index contributed by atoms with van der Waals surface area (Å²) < 4.78 is 0. The zero-order valence-electron chi connectivity index (χ0n) is 13.0. The summed E-state index contributed by atoms with van der Waals surface area (Å²) in [5, 5.41) is 11.4. The molecule has 0 saturated heterocycles. The first kappa shape index (κ1) is 13.1. The van der Waals surface area contributed by atoms with Crippen LogP contribution in [0.25, 0.3) is 0 Å². The predicted octanol–water partition coefficient (Wildman–Crippen LogP) is 4.62. The largest absolute Gasteiger partial charge is 0.384 e. The highest BCUT2D eigenvalue weighted by Gasteiger charge is 2.59. The Kier molecular flexibility index (Phi) is 2.63. The molecule has 4 aliphatic rings. The van der Waals surface area contributed by atoms with Crippen LogP contribution < -0.4 is 0 Å².